The molecule has 118 valence electrons. The summed E-state index contributed by atoms with van der Waals surface area (Å²) >= 11 is 0. The van der Waals surface area contributed by atoms with Gasteiger partial charge in [-0.05, 0) is 37.1 Å². The van der Waals surface area contributed by atoms with Gasteiger partial charge in [0.15, 0.2) is 11.6 Å². The molecule has 1 aliphatic rings. The zero-order valence-corrected chi connectivity index (χ0v) is 12.9. The fourth-order valence-electron chi connectivity index (χ4n) is 2.40. The fourth-order valence-corrected chi connectivity index (χ4v) is 2.40. The molecular weight excluding hydrogens is 294 g/mol. The first kappa shape index (κ1) is 15.0. The van der Waals surface area contributed by atoms with Gasteiger partial charge in [0, 0.05) is 11.9 Å². The first-order chi connectivity index (χ1) is 11.0. The standard InChI is InChI=1S/C17H17N3O3/c1-3-11-7-4-5-8-12(11)19-15(21)17(2)16(22)20-14-13(23-17)9-6-10-18-14/h4-10H,3H2,1-2H3,(H,19,21)(H,18,20,22)/t17-/m0/s1. The zero-order chi connectivity index (χ0) is 16.4. The molecule has 0 unspecified atom stereocenters. The molecule has 1 aromatic carbocycles. The minimum atomic E-state index is -1.66. The number of amides is 2. The van der Waals surface area contributed by atoms with Crippen LogP contribution in [0.4, 0.5) is 11.5 Å². The van der Waals surface area contributed by atoms with Crippen LogP contribution in [0.25, 0.3) is 0 Å². The van der Waals surface area contributed by atoms with Crippen LogP contribution in [0.15, 0.2) is 42.6 Å². The molecule has 0 radical (unpaired) electrons. The Kier molecular flexibility index (Phi) is 3.73. The molecule has 6 heteroatoms. The second kappa shape index (κ2) is 5.72. The molecule has 1 atom stereocenters. The Balaban J connectivity index is 1.88. The average molecular weight is 311 g/mol. The lowest BCUT2D eigenvalue weighted by molar-refractivity contribution is -0.143. The number of aromatic nitrogens is 1. The number of benzene rings is 1. The highest BCUT2D eigenvalue weighted by Gasteiger charge is 2.47. The van der Waals surface area contributed by atoms with Crippen molar-refractivity contribution in [3.8, 4) is 5.75 Å². The lowest BCUT2D eigenvalue weighted by Gasteiger charge is -2.32. The molecule has 1 aromatic heterocycles. The third-order valence-corrected chi connectivity index (χ3v) is 3.83. The summed E-state index contributed by atoms with van der Waals surface area (Å²) in [5, 5.41) is 5.40. The summed E-state index contributed by atoms with van der Waals surface area (Å²) in [6.45, 7) is 3.45. The Morgan fingerprint density at radius 2 is 2.09 bits per heavy atom. The van der Waals surface area contributed by atoms with Gasteiger partial charge in [0.2, 0.25) is 0 Å². The molecule has 3 rings (SSSR count). The quantitative estimate of drug-likeness (QED) is 0.853. The molecule has 23 heavy (non-hydrogen) atoms. The third kappa shape index (κ3) is 2.63. The molecular formula is C17H17N3O3. The smallest absolute Gasteiger partial charge is 0.279 e. The molecule has 1 aliphatic heterocycles. The number of ether oxygens (including phenoxy) is 1. The van der Waals surface area contributed by atoms with Gasteiger partial charge in [-0.3, -0.25) is 9.59 Å². The number of carbonyl (C=O) groups excluding carboxylic acids is 2. The van der Waals surface area contributed by atoms with Crippen LogP contribution in [-0.4, -0.2) is 22.4 Å². The first-order valence-electron chi connectivity index (χ1n) is 7.39. The largest absolute Gasteiger partial charge is 0.464 e. The summed E-state index contributed by atoms with van der Waals surface area (Å²) in [6, 6.07) is 10.8. The van der Waals surface area contributed by atoms with Crippen molar-refractivity contribution >= 4 is 23.3 Å². The van der Waals surface area contributed by atoms with E-state index in [1.54, 1.807) is 24.4 Å². The Morgan fingerprint density at radius 1 is 1.30 bits per heavy atom. The number of nitrogens with one attached hydrogen (secondary N) is 2. The van der Waals surface area contributed by atoms with Crippen molar-refractivity contribution in [2.45, 2.75) is 25.9 Å². The summed E-state index contributed by atoms with van der Waals surface area (Å²) in [4.78, 5) is 29.0. The molecule has 0 bridgehead atoms. The maximum Gasteiger partial charge on any atom is 0.279 e. The highest BCUT2D eigenvalue weighted by Crippen LogP contribution is 2.32. The Morgan fingerprint density at radius 3 is 2.87 bits per heavy atom. The predicted octanol–water partition coefficient (Wildman–Crippen LogP) is 2.37. The van der Waals surface area contributed by atoms with Gasteiger partial charge in [0.05, 0.1) is 0 Å². The van der Waals surface area contributed by atoms with Crippen molar-refractivity contribution in [3.05, 3.63) is 48.2 Å². The lowest BCUT2D eigenvalue weighted by Crippen LogP contribution is -2.56. The number of hydrogen-bond donors (Lipinski definition) is 2. The van der Waals surface area contributed by atoms with E-state index in [2.05, 4.69) is 15.6 Å². The maximum absolute atomic E-state index is 12.7. The number of fused-ring (bicyclic) bond motifs is 1. The number of rotatable bonds is 3. The van der Waals surface area contributed by atoms with Gasteiger partial charge in [-0.1, -0.05) is 25.1 Å². The monoisotopic (exact) mass is 311 g/mol. The van der Waals surface area contributed by atoms with Crippen LogP contribution >= 0.6 is 0 Å². The predicted molar refractivity (Wildman–Crippen MR) is 86.3 cm³/mol. The summed E-state index contributed by atoms with van der Waals surface area (Å²) in [6.07, 6.45) is 2.32. The van der Waals surface area contributed by atoms with Gasteiger partial charge in [0.1, 0.15) is 0 Å². The second-order valence-electron chi connectivity index (χ2n) is 5.40. The molecule has 0 saturated carbocycles. The van der Waals surface area contributed by atoms with Gasteiger partial charge in [0.25, 0.3) is 17.4 Å². The van der Waals surface area contributed by atoms with Gasteiger partial charge in [-0.15, -0.1) is 0 Å². The average Bonchev–Trinajstić information content (AvgIpc) is 2.56. The molecule has 2 aromatic rings. The van der Waals surface area contributed by atoms with Crippen molar-refractivity contribution in [2.75, 3.05) is 10.6 Å². The van der Waals surface area contributed by atoms with E-state index < -0.39 is 17.4 Å². The fraction of sp³-hybridized carbons (Fsp3) is 0.235. The summed E-state index contributed by atoms with van der Waals surface area (Å²) < 4.78 is 5.65. The van der Waals surface area contributed by atoms with E-state index in [0.29, 0.717) is 17.3 Å². The number of nitrogens with zero attached hydrogens (tertiary/aromatic N) is 1. The van der Waals surface area contributed by atoms with Gasteiger partial charge < -0.3 is 15.4 Å². The topological polar surface area (TPSA) is 80.3 Å². The second-order valence-corrected chi connectivity index (χ2v) is 5.40. The minimum Gasteiger partial charge on any atom is -0.464 e. The number of aryl methyl sites for hydroxylation is 1. The van der Waals surface area contributed by atoms with Crippen LogP contribution < -0.4 is 15.4 Å². The van der Waals surface area contributed by atoms with E-state index in [4.69, 9.17) is 4.74 Å². The van der Waals surface area contributed by atoms with Crippen molar-refractivity contribution in [1.29, 1.82) is 0 Å². The number of carbonyl (C=O) groups is 2. The van der Waals surface area contributed by atoms with E-state index in [0.717, 1.165) is 12.0 Å². The van der Waals surface area contributed by atoms with E-state index in [9.17, 15) is 9.59 Å². The van der Waals surface area contributed by atoms with Gasteiger partial charge in [-0.25, -0.2) is 4.98 Å². The number of hydrogen-bond acceptors (Lipinski definition) is 4. The zero-order valence-electron chi connectivity index (χ0n) is 12.9. The molecule has 0 saturated heterocycles. The van der Waals surface area contributed by atoms with E-state index in [1.807, 2.05) is 25.1 Å². The van der Waals surface area contributed by atoms with Crippen molar-refractivity contribution < 1.29 is 14.3 Å². The summed E-state index contributed by atoms with van der Waals surface area (Å²) in [7, 11) is 0. The van der Waals surface area contributed by atoms with Crippen LogP contribution in [-0.2, 0) is 16.0 Å². The highest BCUT2D eigenvalue weighted by molar-refractivity contribution is 6.18. The van der Waals surface area contributed by atoms with Crippen LogP contribution in [0.5, 0.6) is 5.75 Å². The van der Waals surface area contributed by atoms with Gasteiger partial charge in [-0.2, -0.15) is 0 Å². The van der Waals surface area contributed by atoms with E-state index in [1.165, 1.54) is 6.92 Å². The molecule has 0 fully saturated rings. The SMILES string of the molecule is CCc1ccccc1NC(=O)[C@]1(C)Oc2cccnc2NC1=O. The van der Waals surface area contributed by atoms with Crippen molar-refractivity contribution in [3.63, 3.8) is 0 Å². The normalized spacial score (nSPS) is 19.3. The number of para-hydroxylation sites is 1. The molecule has 2 amide bonds. The molecule has 2 N–H and O–H groups in total. The number of anilines is 2. The minimum absolute atomic E-state index is 0.316. The Bertz CT molecular complexity index is 775. The van der Waals surface area contributed by atoms with E-state index >= 15 is 0 Å². The molecule has 2 heterocycles. The van der Waals surface area contributed by atoms with Crippen LogP contribution in [0.3, 0.4) is 0 Å². The van der Waals surface area contributed by atoms with Crippen LogP contribution in [0.1, 0.15) is 19.4 Å². The third-order valence-electron chi connectivity index (χ3n) is 3.83. The Hall–Kier alpha value is -2.89. The molecule has 0 aliphatic carbocycles. The number of pyridine rings is 1. The highest BCUT2D eigenvalue weighted by atomic mass is 16.5. The maximum atomic E-state index is 12.7. The molecule has 0 spiro atoms. The van der Waals surface area contributed by atoms with Gasteiger partial charge >= 0.3 is 0 Å². The van der Waals surface area contributed by atoms with Crippen molar-refractivity contribution in [1.82, 2.24) is 4.98 Å². The Labute approximate surface area is 133 Å². The summed E-state index contributed by atoms with van der Waals surface area (Å²) in [5.74, 6) is -0.383. The lowest BCUT2D eigenvalue weighted by atomic mass is 10.0. The van der Waals surface area contributed by atoms with E-state index in [-0.39, 0.29) is 0 Å². The summed E-state index contributed by atoms with van der Waals surface area (Å²) in [5.41, 5.74) is 0.00834. The van der Waals surface area contributed by atoms with Crippen LogP contribution in [0, 0.1) is 0 Å². The first-order valence-corrected chi connectivity index (χ1v) is 7.39. The van der Waals surface area contributed by atoms with Crippen molar-refractivity contribution in [2.24, 2.45) is 0 Å². The van der Waals surface area contributed by atoms with Crippen LogP contribution in [0.2, 0.25) is 0 Å². The molecule has 6 nitrogen and oxygen atoms in total.